The summed E-state index contributed by atoms with van der Waals surface area (Å²) in [5.41, 5.74) is 2.68. The third-order valence-electron chi connectivity index (χ3n) is 10.3. The number of fused-ring (bicyclic) bond motifs is 1. The van der Waals surface area contributed by atoms with E-state index in [1.165, 1.54) is 14.2 Å². The molecule has 2 aliphatic rings. The van der Waals surface area contributed by atoms with E-state index in [4.69, 9.17) is 19.4 Å². The molecule has 4 amide bonds. The van der Waals surface area contributed by atoms with Crippen molar-refractivity contribution in [3.63, 3.8) is 0 Å². The first-order valence-electron chi connectivity index (χ1n) is 18.2. The Hall–Kier alpha value is -4.92. The Morgan fingerprint density at radius 1 is 0.774 bits per heavy atom. The zero-order valence-electron chi connectivity index (χ0n) is 31.6. The minimum Gasteiger partial charge on any atom is -0.453 e. The van der Waals surface area contributed by atoms with E-state index in [2.05, 4.69) is 58.7 Å². The second-order valence-corrected chi connectivity index (χ2v) is 16.2. The lowest BCUT2D eigenvalue weighted by Crippen LogP contribution is -2.51. The maximum Gasteiger partial charge on any atom is 0.407 e. The van der Waals surface area contributed by atoms with Crippen molar-refractivity contribution in [1.29, 1.82) is 0 Å². The van der Waals surface area contributed by atoms with Gasteiger partial charge in [-0.2, -0.15) is 0 Å². The van der Waals surface area contributed by atoms with Gasteiger partial charge in [0.05, 0.1) is 55.0 Å². The third-order valence-corrected chi connectivity index (χ3v) is 11.4. The number of methoxy groups -OCH3 is 2. The molecule has 5 heterocycles. The first kappa shape index (κ1) is 37.8. The molecule has 284 valence electrons. The van der Waals surface area contributed by atoms with Crippen LogP contribution in [0, 0.1) is 23.7 Å². The Kier molecular flexibility index (Phi) is 11.1. The fourth-order valence-electron chi connectivity index (χ4n) is 7.48. The Morgan fingerprint density at radius 3 is 1.75 bits per heavy atom. The number of likely N-dealkylation sites (tertiary alicyclic amines) is 2. The zero-order valence-corrected chi connectivity index (χ0v) is 32.4. The molecule has 0 unspecified atom stereocenters. The minimum absolute atomic E-state index is 0.119. The van der Waals surface area contributed by atoms with E-state index in [-0.39, 0.29) is 47.6 Å². The molecular weight excluding hydrogens is 697 g/mol. The van der Waals surface area contributed by atoms with Crippen molar-refractivity contribution in [2.45, 2.75) is 78.6 Å². The fourth-order valence-corrected chi connectivity index (χ4v) is 8.49. The number of H-pyrrole nitrogens is 2. The van der Waals surface area contributed by atoms with Crippen molar-refractivity contribution >= 4 is 45.4 Å². The lowest BCUT2D eigenvalue weighted by Gasteiger charge is -2.30. The number of carbonyl (C=O) groups excluding carboxylic acids is 4. The number of aromatic amines is 2. The number of nitrogens with one attached hydrogen (secondary N) is 4. The van der Waals surface area contributed by atoms with Crippen LogP contribution in [-0.4, -0.2) is 93.1 Å². The van der Waals surface area contributed by atoms with Crippen LogP contribution in [0.2, 0.25) is 0 Å². The van der Waals surface area contributed by atoms with E-state index >= 15 is 0 Å². The topological polar surface area (TPSA) is 175 Å². The van der Waals surface area contributed by atoms with Crippen LogP contribution in [0.4, 0.5) is 9.59 Å². The summed E-state index contributed by atoms with van der Waals surface area (Å²) in [5, 5.41) is 6.49. The second kappa shape index (κ2) is 15.6. The molecule has 0 spiro atoms. The summed E-state index contributed by atoms with van der Waals surface area (Å²) in [7, 11) is 2.58. The number of carbonyl (C=O) groups is 4. The second-order valence-electron chi connectivity index (χ2n) is 15.1. The van der Waals surface area contributed by atoms with E-state index in [0.717, 1.165) is 50.6 Å². The molecule has 2 aliphatic heterocycles. The molecule has 14 nitrogen and oxygen atoms in total. The van der Waals surface area contributed by atoms with Crippen LogP contribution in [-0.2, 0) is 19.1 Å². The van der Waals surface area contributed by atoms with Crippen LogP contribution < -0.4 is 10.6 Å². The highest BCUT2D eigenvalue weighted by Gasteiger charge is 2.41. The van der Waals surface area contributed by atoms with Crippen molar-refractivity contribution < 1.29 is 28.7 Å². The Balaban J connectivity index is 1.20. The van der Waals surface area contributed by atoms with E-state index in [1.807, 2.05) is 49.9 Å². The summed E-state index contributed by atoms with van der Waals surface area (Å²) in [6.45, 7) is 13.0. The number of benzene rings is 1. The summed E-state index contributed by atoms with van der Waals surface area (Å²) >= 11 is 1.65. The number of hydrogen-bond acceptors (Lipinski definition) is 9. The number of thiophene rings is 1. The molecule has 0 saturated carbocycles. The summed E-state index contributed by atoms with van der Waals surface area (Å²) in [6, 6.07) is 6.51. The summed E-state index contributed by atoms with van der Waals surface area (Å²) < 4.78 is 10.7. The monoisotopic (exact) mass is 746 g/mol. The van der Waals surface area contributed by atoms with Gasteiger partial charge in [0.25, 0.3) is 0 Å². The average molecular weight is 747 g/mol. The number of aromatic nitrogens is 4. The Bertz CT molecular complexity index is 1870. The average Bonchev–Trinajstić information content (AvgIpc) is 3.97. The molecular formula is C38H50N8O6S. The Morgan fingerprint density at radius 2 is 1.26 bits per heavy atom. The van der Waals surface area contributed by atoms with Crippen LogP contribution >= 0.6 is 11.3 Å². The first-order valence-corrected chi connectivity index (χ1v) is 19.0. The van der Waals surface area contributed by atoms with Crippen molar-refractivity contribution in [2.24, 2.45) is 23.7 Å². The molecule has 15 heteroatoms. The SMILES string of the molecule is COC(=O)N[C@H](C(=O)N1C[C@@H](C)C[C@H]1c1ncc(-c2ccc3sc(-c4cnc([C@@H]5C[C@H](C)CN5C(=O)[C@@H](NC(=O)OC)C(C)C)[nH]4)cc3c2)[nH]1)C(C)C. The van der Waals surface area contributed by atoms with Crippen LogP contribution in [0.25, 0.3) is 31.9 Å². The standard InChI is InChI=1S/C38H50N8O6S/c1-19(2)31(43-37(49)51-7)35(47)45-17-21(5)11-27(45)33-39-15-25(41-33)23-9-10-29-24(13-23)14-30(53-29)26-16-40-34(42-26)28-12-22(6)18-46(28)36(48)32(20(3)4)44-38(50)52-8/h9-10,13-16,19-22,27-28,31-32H,11-12,17-18H2,1-8H3,(H,39,41)(H,40,42)(H,43,49)(H,44,50)/t21-,22-,27-,28-,31-,32-/m0/s1. The molecule has 6 rings (SSSR count). The number of ether oxygens (including phenoxy) is 2. The Labute approximate surface area is 313 Å². The molecule has 0 aliphatic carbocycles. The van der Waals surface area contributed by atoms with Gasteiger partial charge in [-0.25, -0.2) is 19.6 Å². The highest BCUT2D eigenvalue weighted by Crippen LogP contribution is 2.40. The van der Waals surface area contributed by atoms with Crippen LogP contribution in [0.15, 0.2) is 36.7 Å². The molecule has 0 bridgehead atoms. The third kappa shape index (κ3) is 7.90. The van der Waals surface area contributed by atoms with Gasteiger partial charge in [-0.3, -0.25) is 9.59 Å². The van der Waals surface area contributed by atoms with Crippen molar-refractivity contribution in [2.75, 3.05) is 27.3 Å². The largest absolute Gasteiger partial charge is 0.453 e. The first-order chi connectivity index (χ1) is 25.3. The number of amides is 4. The van der Waals surface area contributed by atoms with Crippen LogP contribution in [0.5, 0.6) is 0 Å². The van der Waals surface area contributed by atoms with Crippen LogP contribution in [0.1, 0.15) is 78.1 Å². The van der Waals surface area contributed by atoms with Gasteiger partial charge in [0.15, 0.2) is 0 Å². The quantitative estimate of drug-likeness (QED) is 0.147. The molecule has 1 aromatic carbocycles. The van der Waals surface area contributed by atoms with Gasteiger partial charge in [-0.15, -0.1) is 11.3 Å². The minimum atomic E-state index is -0.707. The van der Waals surface area contributed by atoms with E-state index in [0.29, 0.717) is 18.9 Å². The summed E-state index contributed by atoms with van der Waals surface area (Å²) in [5.74, 6) is 1.44. The van der Waals surface area contributed by atoms with Crippen molar-refractivity contribution in [1.82, 2.24) is 40.4 Å². The van der Waals surface area contributed by atoms with Gasteiger partial charge >= 0.3 is 12.2 Å². The maximum atomic E-state index is 13.7. The van der Waals surface area contributed by atoms with E-state index in [9.17, 15) is 19.2 Å². The van der Waals surface area contributed by atoms with Gasteiger partial charge in [-0.05, 0) is 60.1 Å². The molecule has 0 radical (unpaired) electrons. The van der Waals surface area contributed by atoms with Gasteiger partial charge in [0.1, 0.15) is 23.7 Å². The highest BCUT2D eigenvalue weighted by atomic mass is 32.1. The van der Waals surface area contributed by atoms with Crippen molar-refractivity contribution in [3.8, 4) is 21.8 Å². The molecule has 4 aromatic rings. The normalized spacial score (nSPS) is 21.3. The summed E-state index contributed by atoms with van der Waals surface area (Å²) in [6.07, 6.45) is 3.89. The smallest absolute Gasteiger partial charge is 0.407 e. The number of nitrogens with zero attached hydrogens (tertiary/aromatic N) is 4. The molecule has 2 saturated heterocycles. The predicted molar refractivity (Wildman–Crippen MR) is 202 cm³/mol. The highest BCUT2D eigenvalue weighted by molar-refractivity contribution is 7.22. The number of rotatable bonds is 10. The number of imidazole rings is 2. The lowest BCUT2D eigenvalue weighted by molar-refractivity contribution is -0.136. The fraction of sp³-hybridized carbons (Fsp3) is 0.526. The molecule has 53 heavy (non-hydrogen) atoms. The molecule has 2 fully saturated rings. The number of alkyl carbamates (subject to hydrolysis) is 2. The lowest BCUT2D eigenvalue weighted by atomic mass is 10.0. The van der Waals surface area contributed by atoms with E-state index in [1.54, 1.807) is 11.3 Å². The number of hydrogen-bond donors (Lipinski definition) is 4. The predicted octanol–water partition coefficient (Wildman–Crippen LogP) is 6.26. The summed E-state index contributed by atoms with van der Waals surface area (Å²) in [4.78, 5) is 72.6. The zero-order chi connectivity index (χ0) is 38.1. The van der Waals surface area contributed by atoms with Gasteiger partial charge < -0.3 is 39.9 Å². The maximum absolute atomic E-state index is 13.7. The van der Waals surface area contributed by atoms with E-state index < -0.39 is 24.3 Å². The van der Waals surface area contributed by atoms with Crippen LogP contribution in [0.3, 0.4) is 0 Å². The molecule has 4 N–H and O–H groups in total. The molecule has 3 aromatic heterocycles. The van der Waals surface area contributed by atoms with Gasteiger partial charge in [0, 0.05) is 23.4 Å². The van der Waals surface area contributed by atoms with Crippen molar-refractivity contribution in [3.05, 3.63) is 48.3 Å². The van der Waals surface area contributed by atoms with Gasteiger partial charge in [-0.1, -0.05) is 47.6 Å². The molecule has 6 atom stereocenters. The van der Waals surface area contributed by atoms with Gasteiger partial charge in [0.2, 0.25) is 11.8 Å².